The summed E-state index contributed by atoms with van der Waals surface area (Å²) < 4.78 is 93.5. The fourth-order valence-electron chi connectivity index (χ4n) is 8.38. The highest BCUT2D eigenvalue weighted by atomic mass is 19.4. The van der Waals surface area contributed by atoms with Crippen LogP contribution in [-0.2, 0) is 6.18 Å². The molecule has 0 amide bonds. The van der Waals surface area contributed by atoms with Gasteiger partial charge in [-0.25, -0.2) is 13.2 Å². The molecule has 0 spiro atoms. The first-order chi connectivity index (χ1) is 22.0. The molecule has 2 aromatic heterocycles. The number of nitrogens with two attached hydrogens (primary N) is 1. The first-order valence-electron chi connectivity index (χ1n) is 15.7. The Hall–Kier alpha value is -3.65. The minimum atomic E-state index is -5.00. The van der Waals surface area contributed by atoms with Crippen LogP contribution in [0.25, 0.3) is 22.2 Å². The van der Waals surface area contributed by atoms with E-state index in [1.54, 1.807) is 0 Å². The molecule has 5 aliphatic rings. The highest BCUT2D eigenvalue weighted by Crippen LogP contribution is 2.49. The number of ether oxygens (including phenoxy) is 1. The molecule has 5 fully saturated rings. The van der Waals surface area contributed by atoms with Crippen LogP contribution < -0.4 is 20.7 Å². The van der Waals surface area contributed by atoms with Gasteiger partial charge in [0.2, 0.25) is 0 Å². The average Bonchev–Trinajstić information content (AvgIpc) is 3.64. The molecule has 6 heterocycles. The van der Waals surface area contributed by atoms with Gasteiger partial charge in [-0.2, -0.15) is 23.1 Å². The Kier molecular flexibility index (Phi) is 6.74. The summed E-state index contributed by atoms with van der Waals surface area (Å²) in [6, 6.07) is 1.43. The molecular weight excluding hydrogens is 612 g/mol. The van der Waals surface area contributed by atoms with E-state index in [0.717, 1.165) is 51.1 Å². The molecule has 244 valence electrons. The van der Waals surface area contributed by atoms with E-state index >= 15 is 8.78 Å². The average molecular weight is 646 g/mol. The van der Waals surface area contributed by atoms with Crippen LogP contribution in [0.2, 0.25) is 0 Å². The van der Waals surface area contributed by atoms with Crippen LogP contribution in [0, 0.1) is 17.6 Å². The molecule has 1 aromatic carbocycles. The van der Waals surface area contributed by atoms with E-state index in [0.29, 0.717) is 55.8 Å². The highest BCUT2D eigenvalue weighted by Gasteiger charge is 2.53. The monoisotopic (exact) mass is 645 g/mol. The number of piperazine rings is 1. The van der Waals surface area contributed by atoms with Gasteiger partial charge in [-0.15, -0.1) is 0 Å². The van der Waals surface area contributed by atoms with Crippen molar-refractivity contribution in [1.29, 1.82) is 0 Å². The number of nitrogen functional groups attached to an aromatic ring is 1. The molecule has 8 nitrogen and oxygen atoms in total. The molecule has 3 N–H and O–H groups in total. The van der Waals surface area contributed by atoms with E-state index in [1.807, 2.05) is 0 Å². The van der Waals surface area contributed by atoms with Crippen molar-refractivity contribution in [3.63, 3.8) is 0 Å². The SMILES string of the molecule is Nc1ccc(C(F)(F)F)c(-c2ncc3c(N4C[C@@H]5CC[C@](C6CC6)(C4)N5)nc(OC[C@@]45CCCN4C/C(=C/F)C5)nc3c2F)c1F. The summed E-state index contributed by atoms with van der Waals surface area (Å²) in [5.74, 6) is -1.78. The van der Waals surface area contributed by atoms with Crippen molar-refractivity contribution in [2.75, 3.05) is 43.4 Å². The van der Waals surface area contributed by atoms with Gasteiger partial charge < -0.3 is 20.7 Å². The standard InChI is InChI=1S/C32H33F6N7O/c33-11-17-10-30(7-1-9-45(30)13-17)16-46-29-41-26-20(28(42-29)44-14-19-6-8-31(15-44,43-19)18-2-3-18)12-40-27(25(26)35)23-21(32(36,37)38)4-5-22(39)24(23)34/h4-5,11-12,18-19,43H,1-3,6-10,13-16,39H2/b17-11+/t19-,30-,31+/m0/s1. The minimum Gasteiger partial charge on any atom is -0.461 e. The predicted octanol–water partition coefficient (Wildman–Crippen LogP) is 5.76. The number of nitrogens with one attached hydrogen (secondary N) is 1. The predicted molar refractivity (Wildman–Crippen MR) is 159 cm³/mol. The van der Waals surface area contributed by atoms with Crippen molar-refractivity contribution < 1.29 is 31.1 Å². The Morgan fingerprint density at radius 2 is 1.93 bits per heavy atom. The summed E-state index contributed by atoms with van der Waals surface area (Å²) in [5, 5.41) is 3.97. The lowest BCUT2D eigenvalue weighted by Gasteiger charge is -2.42. The van der Waals surface area contributed by atoms with Gasteiger partial charge in [0, 0.05) is 37.4 Å². The molecule has 4 saturated heterocycles. The number of pyridine rings is 1. The van der Waals surface area contributed by atoms with Crippen molar-refractivity contribution in [2.45, 2.75) is 68.2 Å². The third kappa shape index (κ3) is 4.70. The number of aromatic nitrogens is 3. The minimum absolute atomic E-state index is 0.109. The Morgan fingerprint density at radius 1 is 1.11 bits per heavy atom. The molecule has 0 unspecified atom stereocenters. The van der Waals surface area contributed by atoms with Gasteiger partial charge >= 0.3 is 12.2 Å². The molecule has 8 rings (SSSR count). The summed E-state index contributed by atoms with van der Waals surface area (Å²) in [6.45, 7) is 2.58. The van der Waals surface area contributed by atoms with Crippen molar-refractivity contribution in [2.24, 2.45) is 5.92 Å². The smallest absolute Gasteiger partial charge is 0.417 e. The Balaban J connectivity index is 1.25. The zero-order valence-corrected chi connectivity index (χ0v) is 24.9. The maximum absolute atomic E-state index is 16.5. The number of nitrogens with zero attached hydrogens (tertiary/aromatic N) is 5. The second kappa shape index (κ2) is 10.4. The molecule has 14 heteroatoms. The van der Waals surface area contributed by atoms with E-state index in [9.17, 15) is 17.6 Å². The third-order valence-corrected chi connectivity index (χ3v) is 10.7. The molecule has 3 atom stereocenters. The number of rotatable bonds is 6. The summed E-state index contributed by atoms with van der Waals surface area (Å²) in [4.78, 5) is 17.4. The fraction of sp³-hybridized carbons (Fsp3) is 0.531. The van der Waals surface area contributed by atoms with E-state index in [2.05, 4.69) is 25.1 Å². The Bertz CT molecular complexity index is 1760. The molecule has 1 aliphatic carbocycles. The van der Waals surface area contributed by atoms with Crippen LogP contribution >= 0.6 is 0 Å². The van der Waals surface area contributed by atoms with Gasteiger partial charge in [-0.3, -0.25) is 9.88 Å². The topological polar surface area (TPSA) is 92.4 Å². The number of benzene rings is 1. The zero-order chi connectivity index (χ0) is 32.0. The Labute approximate surface area is 261 Å². The third-order valence-electron chi connectivity index (χ3n) is 10.7. The fourth-order valence-corrected chi connectivity index (χ4v) is 8.38. The van der Waals surface area contributed by atoms with Crippen LogP contribution in [0.5, 0.6) is 6.01 Å². The number of hydrogen-bond acceptors (Lipinski definition) is 8. The molecule has 3 aromatic rings. The molecule has 46 heavy (non-hydrogen) atoms. The van der Waals surface area contributed by atoms with Crippen molar-refractivity contribution in [3.8, 4) is 17.3 Å². The van der Waals surface area contributed by atoms with Crippen LogP contribution in [0.15, 0.2) is 30.2 Å². The second-order valence-corrected chi connectivity index (χ2v) is 13.6. The van der Waals surface area contributed by atoms with E-state index in [4.69, 9.17) is 15.5 Å². The van der Waals surface area contributed by atoms with Gasteiger partial charge in [0.15, 0.2) is 11.6 Å². The first-order valence-corrected chi connectivity index (χ1v) is 15.7. The van der Waals surface area contributed by atoms with E-state index in [-0.39, 0.29) is 35.1 Å². The summed E-state index contributed by atoms with van der Waals surface area (Å²) >= 11 is 0. The van der Waals surface area contributed by atoms with Crippen LogP contribution in [0.1, 0.15) is 50.5 Å². The Morgan fingerprint density at radius 3 is 2.70 bits per heavy atom. The summed E-state index contributed by atoms with van der Waals surface area (Å²) in [5.41, 5.74) is 1.47. The second-order valence-electron chi connectivity index (χ2n) is 13.6. The van der Waals surface area contributed by atoms with Crippen LogP contribution in [0.3, 0.4) is 0 Å². The lowest BCUT2D eigenvalue weighted by atomic mass is 9.90. The zero-order valence-electron chi connectivity index (χ0n) is 24.9. The highest BCUT2D eigenvalue weighted by molar-refractivity contribution is 5.92. The number of alkyl halides is 3. The van der Waals surface area contributed by atoms with Gasteiger partial charge in [0.1, 0.15) is 23.6 Å². The lowest BCUT2D eigenvalue weighted by Crippen LogP contribution is -2.61. The van der Waals surface area contributed by atoms with Crippen molar-refractivity contribution in [3.05, 3.63) is 47.4 Å². The quantitative estimate of drug-likeness (QED) is 0.258. The maximum atomic E-state index is 16.5. The van der Waals surface area contributed by atoms with E-state index < -0.39 is 45.9 Å². The largest absolute Gasteiger partial charge is 0.461 e. The van der Waals surface area contributed by atoms with Gasteiger partial charge in [0.25, 0.3) is 0 Å². The summed E-state index contributed by atoms with van der Waals surface area (Å²) in [7, 11) is 0. The van der Waals surface area contributed by atoms with Crippen molar-refractivity contribution >= 4 is 22.4 Å². The molecule has 0 radical (unpaired) electrons. The van der Waals surface area contributed by atoms with Gasteiger partial charge in [-0.1, -0.05) is 0 Å². The van der Waals surface area contributed by atoms with Gasteiger partial charge in [-0.05, 0) is 75.1 Å². The van der Waals surface area contributed by atoms with E-state index in [1.165, 1.54) is 6.20 Å². The van der Waals surface area contributed by atoms with Crippen LogP contribution in [0.4, 0.5) is 37.8 Å². The summed E-state index contributed by atoms with van der Waals surface area (Å²) in [6.07, 6.45) is 3.21. The van der Waals surface area contributed by atoms with Gasteiger partial charge in [0.05, 0.1) is 34.1 Å². The number of fused-ring (bicyclic) bond motifs is 4. The number of anilines is 2. The normalized spacial score (nSPS) is 28.9. The molecule has 4 aliphatic heterocycles. The number of hydrogen-bond donors (Lipinski definition) is 2. The molecular formula is C32H33F6N7O. The maximum Gasteiger partial charge on any atom is 0.417 e. The molecule has 2 bridgehead atoms. The lowest BCUT2D eigenvalue weighted by molar-refractivity contribution is -0.137. The number of halogens is 6. The first kappa shape index (κ1) is 29.7. The van der Waals surface area contributed by atoms with Crippen LogP contribution in [-0.4, -0.2) is 69.8 Å². The molecule has 1 saturated carbocycles. The van der Waals surface area contributed by atoms with Crippen molar-refractivity contribution in [1.82, 2.24) is 25.2 Å².